The normalized spacial score (nSPS) is 33.1. The minimum Gasteiger partial charge on any atom is -0.505 e. The number of fused-ring (bicyclic) bond motifs is 3. The predicted molar refractivity (Wildman–Crippen MR) is 127 cm³/mol. The van der Waals surface area contributed by atoms with Gasteiger partial charge in [-0.15, -0.1) is 0 Å². The maximum Gasteiger partial charge on any atom is 0.305 e. The number of hydrogen-bond donors (Lipinski definition) is 4. The van der Waals surface area contributed by atoms with E-state index in [4.69, 9.17) is 16.2 Å². The minimum absolute atomic E-state index is 0.105. The van der Waals surface area contributed by atoms with Gasteiger partial charge in [0.15, 0.2) is 34.7 Å². The molecule has 7 atom stereocenters. The van der Waals surface area contributed by atoms with Crippen LogP contribution in [-0.2, 0) is 28.7 Å². The highest BCUT2D eigenvalue weighted by Gasteiger charge is 2.73. The van der Waals surface area contributed by atoms with Crippen molar-refractivity contribution in [2.45, 2.75) is 31.1 Å². The number of ketones is 4. The molecule has 196 valence electrons. The lowest BCUT2D eigenvalue weighted by molar-refractivity contribution is -0.201. The van der Waals surface area contributed by atoms with E-state index in [1.54, 1.807) is 0 Å². The Morgan fingerprint density at radius 1 is 1.16 bits per heavy atom. The van der Waals surface area contributed by atoms with Crippen LogP contribution in [0.25, 0.3) is 5.57 Å². The number of phenols is 1. The molecular weight excluding hydrogens is 486 g/mol. The van der Waals surface area contributed by atoms with Crippen LogP contribution >= 0.6 is 0 Å². The summed E-state index contributed by atoms with van der Waals surface area (Å²) in [6.07, 6.45) is -1.70. The Hall–Kier alpha value is -3.90. The van der Waals surface area contributed by atoms with Crippen molar-refractivity contribution < 1.29 is 43.7 Å². The Bertz CT molecular complexity index is 1300. The SMILES string of the molecule is C=C1c2ccc(N)c(O)c2C(=O)C2C(=O)[C@]3(O)C(=O)C(C(N)=O)C(=O)[C@@H](N(C)C)[C@@H]3[C@@H](OC(=O)CC)[C@H]12. The van der Waals surface area contributed by atoms with Crippen LogP contribution in [0.2, 0.25) is 0 Å². The Kier molecular flexibility index (Phi) is 6.08. The molecule has 1 aromatic carbocycles. The Morgan fingerprint density at radius 3 is 2.32 bits per heavy atom. The van der Waals surface area contributed by atoms with Gasteiger partial charge in [0.25, 0.3) is 0 Å². The average molecular weight is 514 g/mol. The molecule has 2 saturated carbocycles. The number of rotatable bonds is 4. The van der Waals surface area contributed by atoms with Crippen LogP contribution in [0, 0.1) is 23.7 Å². The van der Waals surface area contributed by atoms with Gasteiger partial charge in [0.05, 0.1) is 29.1 Å². The molecule has 12 heteroatoms. The summed E-state index contributed by atoms with van der Waals surface area (Å²) in [6, 6.07) is 1.27. The monoisotopic (exact) mass is 513 g/mol. The van der Waals surface area contributed by atoms with Gasteiger partial charge in [-0.1, -0.05) is 19.6 Å². The number of carbonyl (C=O) groups is 6. The molecule has 0 bridgehead atoms. The van der Waals surface area contributed by atoms with E-state index in [2.05, 4.69) is 6.58 Å². The maximum atomic E-state index is 14.0. The van der Waals surface area contributed by atoms with Crippen LogP contribution < -0.4 is 11.5 Å². The third-order valence-electron chi connectivity index (χ3n) is 7.64. The first kappa shape index (κ1) is 26.2. The Balaban J connectivity index is 2.04. The molecule has 3 aliphatic rings. The van der Waals surface area contributed by atoms with Crippen LogP contribution in [0.5, 0.6) is 5.75 Å². The highest BCUT2D eigenvalue weighted by atomic mass is 16.5. The smallest absolute Gasteiger partial charge is 0.305 e. The molecule has 0 aliphatic heterocycles. The van der Waals surface area contributed by atoms with Gasteiger partial charge in [-0.05, 0) is 31.3 Å². The fraction of sp³-hybridized carbons (Fsp3) is 0.440. The van der Waals surface area contributed by atoms with Crippen molar-refractivity contribution in [3.63, 3.8) is 0 Å². The maximum absolute atomic E-state index is 14.0. The highest BCUT2D eigenvalue weighted by Crippen LogP contribution is 2.55. The number of anilines is 1. The number of primary amides is 1. The molecule has 37 heavy (non-hydrogen) atoms. The van der Waals surface area contributed by atoms with Crippen LogP contribution in [0.3, 0.4) is 0 Å². The molecular formula is C25H27N3O9. The summed E-state index contributed by atoms with van der Waals surface area (Å²) in [4.78, 5) is 80.5. The molecule has 0 heterocycles. The lowest BCUT2D eigenvalue weighted by Gasteiger charge is -2.55. The number of carbonyl (C=O) groups excluding carboxylic acids is 6. The van der Waals surface area contributed by atoms with Crippen LogP contribution in [0.15, 0.2) is 18.7 Å². The molecule has 12 nitrogen and oxygen atoms in total. The summed E-state index contributed by atoms with van der Waals surface area (Å²) in [6.45, 7) is 5.47. The van der Waals surface area contributed by atoms with Gasteiger partial charge in [0.2, 0.25) is 5.91 Å². The van der Waals surface area contributed by atoms with E-state index in [1.807, 2.05) is 0 Å². The predicted octanol–water partition coefficient (Wildman–Crippen LogP) is -1.15. The number of aromatic hydroxyl groups is 1. The summed E-state index contributed by atoms with van der Waals surface area (Å²) >= 11 is 0. The van der Waals surface area contributed by atoms with Gasteiger partial charge in [-0.25, -0.2) is 0 Å². The Labute approximate surface area is 211 Å². The van der Waals surface area contributed by atoms with Crippen LogP contribution in [-0.4, -0.2) is 82.0 Å². The van der Waals surface area contributed by atoms with Crippen LogP contribution in [0.1, 0.15) is 29.3 Å². The standard InChI is InChI=1S/C25H27N3O9/c1-5-11(29)37-21-12-8(2)9-6-7-10(26)18(30)13(9)19(31)14(12)22(33)25(36)16(21)17(28(3)4)20(32)15(23(25)34)24(27)35/h6-7,12,14-17,21,30,36H,2,5,26H2,1,3-4H3,(H2,27,35)/t12-,14?,15?,16-,17+,21+,25+/m1/s1. The summed E-state index contributed by atoms with van der Waals surface area (Å²) in [5, 5.41) is 22.4. The van der Waals surface area contributed by atoms with Crippen molar-refractivity contribution in [1.29, 1.82) is 0 Å². The molecule has 0 aromatic heterocycles. The molecule has 2 unspecified atom stereocenters. The molecule has 3 aliphatic carbocycles. The van der Waals surface area contributed by atoms with Gasteiger partial charge in [0, 0.05) is 12.3 Å². The van der Waals surface area contributed by atoms with E-state index in [0.717, 1.165) is 0 Å². The number of benzene rings is 1. The number of esters is 1. The quantitative estimate of drug-likeness (QED) is 0.164. The summed E-state index contributed by atoms with van der Waals surface area (Å²) in [5.74, 6) is -14.5. The van der Waals surface area contributed by atoms with E-state index in [1.165, 1.54) is 38.1 Å². The number of Topliss-reactive ketones (excluding diaryl/α,β-unsaturated/α-hetero) is 4. The second-order valence-electron chi connectivity index (χ2n) is 9.79. The topological polar surface area (TPSA) is 207 Å². The van der Waals surface area contributed by atoms with E-state index < -0.39 is 82.2 Å². The fourth-order valence-corrected chi connectivity index (χ4v) is 5.97. The largest absolute Gasteiger partial charge is 0.505 e. The summed E-state index contributed by atoms with van der Waals surface area (Å²) < 4.78 is 5.65. The number of nitrogens with zero attached hydrogens (tertiary/aromatic N) is 1. The lowest BCUT2D eigenvalue weighted by Crippen LogP contribution is -2.77. The van der Waals surface area contributed by atoms with E-state index in [0.29, 0.717) is 0 Å². The lowest BCUT2D eigenvalue weighted by atomic mass is 9.50. The van der Waals surface area contributed by atoms with Gasteiger partial charge >= 0.3 is 5.97 Å². The van der Waals surface area contributed by atoms with E-state index >= 15 is 0 Å². The zero-order valence-corrected chi connectivity index (χ0v) is 20.4. The van der Waals surface area contributed by atoms with Crippen LogP contribution in [0.4, 0.5) is 5.69 Å². The first-order valence-corrected chi connectivity index (χ1v) is 11.6. The summed E-state index contributed by atoms with van der Waals surface area (Å²) in [7, 11) is 2.84. The number of nitrogens with two attached hydrogens (primary N) is 2. The average Bonchev–Trinajstić information content (AvgIpc) is 2.82. The molecule has 0 spiro atoms. The first-order valence-electron chi connectivity index (χ1n) is 11.6. The van der Waals surface area contributed by atoms with Gasteiger partial charge in [0.1, 0.15) is 11.9 Å². The number of phenolic OH excluding ortho intramolecular Hbond substituents is 1. The number of aliphatic hydroxyl groups is 1. The third kappa shape index (κ3) is 3.36. The minimum atomic E-state index is -3.09. The second-order valence-corrected chi connectivity index (χ2v) is 9.79. The molecule has 2 fully saturated rings. The van der Waals surface area contributed by atoms with Gasteiger partial charge < -0.3 is 26.4 Å². The molecule has 1 amide bonds. The number of ether oxygens (including phenoxy) is 1. The van der Waals surface area contributed by atoms with Gasteiger partial charge in [-0.3, -0.25) is 33.7 Å². The highest BCUT2D eigenvalue weighted by molar-refractivity contribution is 6.33. The third-order valence-corrected chi connectivity index (χ3v) is 7.64. The van der Waals surface area contributed by atoms with Crippen molar-refractivity contribution in [3.8, 4) is 5.75 Å². The number of hydrogen-bond acceptors (Lipinski definition) is 11. The molecule has 6 N–H and O–H groups in total. The second kappa shape index (κ2) is 8.60. The number of amides is 1. The fourth-order valence-electron chi connectivity index (χ4n) is 5.97. The number of likely N-dealkylation sites (N-methyl/N-ethyl adjacent to an activating group) is 1. The van der Waals surface area contributed by atoms with E-state index in [-0.39, 0.29) is 28.8 Å². The van der Waals surface area contributed by atoms with Crippen molar-refractivity contribution >= 4 is 46.3 Å². The van der Waals surface area contributed by atoms with Gasteiger partial charge in [-0.2, -0.15) is 0 Å². The van der Waals surface area contributed by atoms with Crippen molar-refractivity contribution in [1.82, 2.24) is 4.90 Å². The zero-order valence-electron chi connectivity index (χ0n) is 20.4. The Morgan fingerprint density at radius 2 is 1.78 bits per heavy atom. The van der Waals surface area contributed by atoms with Crippen molar-refractivity contribution in [2.75, 3.05) is 19.8 Å². The molecule has 1 aromatic rings. The van der Waals surface area contributed by atoms with Crippen molar-refractivity contribution in [3.05, 3.63) is 29.8 Å². The first-order chi connectivity index (χ1) is 17.2. The molecule has 0 radical (unpaired) electrons. The molecule has 0 saturated heterocycles. The molecule has 4 rings (SSSR count). The zero-order chi connectivity index (χ0) is 27.7. The van der Waals surface area contributed by atoms with E-state index in [9.17, 15) is 39.0 Å². The summed E-state index contributed by atoms with van der Waals surface area (Å²) in [5.41, 5.74) is 7.73. The number of nitrogen functional groups attached to an aromatic ring is 1. The van der Waals surface area contributed by atoms with Crippen molar-refractivity contribution in [2.24, 2.45) is 29.4 Å².